The van der Waals surface area contributed by atoms with E-state index in [1.807, 2.05) is 91.0 Å². The number of benzene rings is 3. The van der Waals surface area contributed by atoms with Gasteiger partial charge in [0.25, 0.3) is 0 Å². The molecule has 174 valence electrons. The molecule has 0 amide bonds. The van der Waals surface area contributed by atoms with E-state index in [1.165, 1.54) is 0 Å². The van der Waals surface area contributed by atoms with Gasteiger partial charge in [0.05, 0.1) is 26.4 Å². The third-order valence-corrected chi connectivity index (χ3v) is 5.60. The molecule has 5 atom stereocenters. The Bertz CT molecular complexity index is 937. The van der Waals surface area contributed by atoms with Crippen LogP contribution in [0.3, 0.4) is 0 Å². The zero-order valence-electron chi connectivity index (χ0n) is 18.4. The summed E-state index contributed by atoms with van der Waals surface area (Å²) in [5, 5.41) is 21.1. The molecule has 1 fully saturated rings. The van der Waals surface area contributed by atoms with Crippen molar-refractivity contribution in [2.75, 3.05) is 6.61 Å². The zero-order valence-corrected chi connectivity index (χ0v) is 18.4. The molecule has 0 radical (unpaired) electrons. The molecule has 2 N–H and O–H groups in total. The second-order valence-corrected chi connectivity index (χ2v) is 8.08. The maximum absolute atomic E-state index is 10.7. The van der Waals surface area contributed by atoms with Gasteiger partial charge in [-0.2, -0.15) is 0 Å². The first-order chi connectivity index (χ1) is 16.2. The molecule has 0 aromatic heterocycles. The maximum atomic E-state index is 10.7. The summed E-state index contributed by atoms with van der Waals surface area (Å²) in [6, 6.07) is 29.3. The van der Waals surface area contributed by atoms with E-state index in [0.29, 0.717) is 13.2 Å². The van der Waals surface area contributed by atoms with Crippen LogP contribution in [-0.4, -0.2) is 47.5 Å². The fraction of sp³-hybridized carbons (Fsp3) is 0.333. The van der Waals surface area contributed by atoms with Crippen molar-refractivity contribution >= 4 is 0 Å². The van der Waals surface area contributed by atoms with E-state index >= 15 is 0 Å². The first-order valence-electron chi connectivity index (χ1n) is 11.1. The van der Waals surface area contributed by atoms with Crippen LogP contribution in [0.4, 0.5) is 0 Å². The Morgan fingerprint density at radius 2 is 1.06 bits per heavy atom. The smallest absolute Gasteiger partial charge is 0.184 e. The second-order valence-electron chi connectivity index (χ2n) is 8.08. The average Bonchev–Trinajstić information content (AvgIpc) is 2.86. The number of aliphatic hydroxyl groups excluding tert-OH is 2. The van der Waals surface area contributed by atoms with Gasteiger partial charge in [-0.25, -0.2) is 0 Å². The van der Waals surface area contributed by atoms with E-state index in [9.17, 15) is 10.2 Å². The van der Waals surface area contributed by atoms with Crippen LogP contribution in [0, 0.1) is 0 Å². The van der Waals surface area contributed by atoms with Crippen molar-refractivity contribution in [3.05, 3.63) is 108 Å². The Labute approximate surface area is 194 Å². The summed E-state index contributed by atoms with van der Waals surface area (Å²) in [7, 11) is 0. The SMILES string of the molecule is O[C@@H]1[C@@H](OCc2ccccc2)[C@@H](OCc2ccccc2)[C@@H](COCc2ccccc2)O[C@H]1O. The molecule has 0 aliphatic carbocycles. The maximum Gasteiger partial charge on any atom is 0.184 e. The van der Waals surface area contributed by atoms with Crippen LogP contribution in [0.2, 0.25) is 0 Å². The lowest BCUT2D eigenvalue weighted by Gasteiger charge is -2.42. The minimum absolute atomic E-state index is 0.184. The summed E-state index contributed by atoms with van der Waals surface area (Å²) in [4.78, 5) is 0. The molecule has 33 heavy (non-hydrogen) atoms. The summed E-state index contributed by atoms with van der Waals surface area (Å²) in [5.41, 5.74) is 2.99. The highest BCUT2D eigenvalue weighted by Crippen LogP contribution is 2.27. The van der Waals surface area contributed by atoms with Crippen LogP contribution in [0.5, 0.6) is 0 Å². The van der Waals surface area contributed by atoms with Gasteiger partial charge in [0.1, 0.15) is 24.4 Å². The summed E-state index contributed by atoms with van der Waals surface area (Å²) in [5.74, 6) is 0. The van der Waals surface area contributed by atoms with E-state index in [0.717, 1.165) is 16.7 Å². The molecule has 1 saturated heterocycles. The van der Waals surface area contributed by atoms with Crippen molar-refractivity contribution in [2.45, 2.75) is 50.5 Å². The van der Waals surface area contributed by atoms with E-state index < -0.39 is 30.7 Å². The van der Waals surface area contributed by atoms with Crippen LogP contribution < -0.4 is 0 Å². The predicted octanol–water partition coefficient (Wildman–Crippen LogP) is 3.45. The molecule has 0 saturated carbocycles. The molecular formula is C27H30O6. The molecule has 3 aromatic carbocycles. The molecule has 4 rings (SSSR count). The van der Waals surface area contributed by atoms with Gasteiger partial charge in [0.2, 0.25) is 0 Å². The minimum Gasteiger partial charge on any atom is -0.385 e. The molecule has 1 aliphatic rings. The average molecular weight is 451 g/mol. The van der Waals surface area contributed by atoms with Crippen LogP contribution in [0.1, 0.15) is 16.7 Å². The summed E-state index contributed by atoms with van der Waals surface area (Å²) in [6.07, 6.45) is -4.68. The molecule has 0 bridgehead atoms. The molecule has 1 heterocycles. The largest absolute Gasteiger partial charge is 0.385 e. The quantitative estimate of drug-likeness (QED) is 0.493. The standard InChI is InChI=1S/C27H30O6/c28-24-26(32-18-22-14-8-3-9-15-22)25(31-17-21-12-6-2-7-13-21)23(33-27(24)29)19-30-16-20-10-4-1-5-11-20/h1-15,23-29H,16-19H2/t23-,24-,25+,26-,27-/m1/s1. The normalized spacial score (nSPS) is 25.1. The first-order valence-corrected chi connectivity index (χ1v) is 11.1. The predicted molar refractivity (Wildman–Crippen MR) is 123 cm³/mol. The summed E-state index contributed by atoms with van der Waals surface area (Å²) < 4.78 is 23.9. The van der Waals surface area contributed by atoms with Gasteiger partial charge in [0.15, 0.2) is 6.29 Å². The van der Waals surface area contributed by atoms with Gasteiger partial charge in [-0.1, -0.05) is 91.0 Å². The number of hydrogen-bond acceptors (Lipinski definition) is 6. The Morgan fingerprint density at radius 3 is 1.58 bits per heavy atom. The molecule has 0 spiro atoms. The number of rotatable bonds is 10. The van der Waals surface area contributed by atoms with Crippen molar-refractivity contribution in [2.24, 2.45) is 0 Å². The molecular weight excluding hydrogens is 420 g/mol. The highest BCUT2D eigenvalue weighted by Gasteiger charge is 2.46. The number of aliphatic hydroxyl groups is 2. The van der Waals surface area contributed by atoms with Gasteiger partial charge in [-0.3, -0.25) is 0 Å². The highest BCUT2D eigenvalue weighted by atomic mass is 16.7. The zero-order chi connectivity index (χ0) is 22.9. The van der Waals surface area contributed by atoms with Crippen LogP contribution >= 0.6 is 0 Å². The molecule has 0 unspecified atom stereocenters. The third kappa shape index (κ3) is 6.71. The van der Waals surface area contributed by atoms with Crippen LogP contribution in [0.25, 0.3) is 0 Å². The molecule has 6 nitrogen and oxygen atoms in total. The lowest BCUT2D eigenvalue weighted by Crippen LogP contribution is -2.60. The monoisotopic (exact) mass is 450 g/mol. The van der Waals surface area contributed by atoms with E-state index in [-0.39, 0.29) is 13.2 Å². The van der Waals surface area contributed by atoms with E-state index in [2.05, 4.69) is 0 Å². The number of ether oxygens (including phenoxy) is 4. The van der Waals surface area contributed by atoms with Gasteiger partial charge >= 0.3 is 0 Å². The van der Waals surface area contributed by atoms with Crippen LogP contribution in [0.15, 0.2) is 91.0 Å². The fourth-order valence-corrected chi connectivity index (χ4v) is 3.84. The molecule has 3 aromatic rings. The Kier molecular flexibility index (Phi) is 8.60. The van der Waals surface area contributed by atoms with Crippen molar-refractivity contribution in [1.29, 1.82) is 0 Å². The minimum atomic E-state index is -1.40. The van der Waals surface area contributed by atoms with Gasteiger partial charge in [-0.05, 0) is 16.7 Å². The highest BCUT2D eigenvalue weighted by molar-refractivity contribution is 5.15. The van der Waals surface area contributed by atoms with Gasteiger partial charge in [0, 0.05) is 0 Å². The van der Waals surface area contributed by atoms with Gasteiger partial charge < -0.3 is 29.2 Å². The second kappa shape index (κ2) is 12.0. The first kappa shape index (κ1) is 23.6. The molecule has 6 heteroatoms. The van der Waals surface area contributed by atoms with E-state index in [1.54, 1.807) is 0 Å². The van der Waals surface area contributed by atoms with Crippen molar-refractivity contribution in [3.8, 4) is 0 Å². The lowest BCUT2D eigenvalue weighted by molar-refractivity contribution is -0.307. The Hall–Kier alpha value is -2.58. The Morgan fingerprint density at radius 1 is 0.606 bits per heavy atom. The van der Waals surface area contributed by atoms with Crippen molar-refractivity contribution in [3.63, 3.8) is 0 Å². The Balaban J connectivity index is 1.46. The lowest BCUT2D eigenvalue weighted by atomic mass is 9.98. The fourth-order valence-electron chi connectivity index (χ4n) is 3.84. The molecule has 1 aliphatic heterocycles. The third-order valence-electron chi connectivity index (χ3n) is 5.60. The van der Waals surface area contributed by atoms with Gasteiger partial charge in [-0.15, -0.1) is 0 Å². The number of hydrogen-bond donors (Lipinski definition) is 2. The topological polar surface area (TPSA) is 77.4 Å². The van der Waals surface area contributed by atoms with Crippen LogP contribution in [-0.2, 0) is 38.8 Å². The summed E-state index contributed by atoms with van der Waals surface area (Å²) in [6.45, 7) is 1.18. The summed E-state index contributed by atoms with van der Waals surface area (Å²) >= 11 is 0. The van der Waals surface area contributed by atoms with E-state index in [4.69, 9.17) is 18.9 Å². The van der Waals surface area contributed by atoms with Crippen molar-refractivity contribution in [1.82, 2.24) is 0 Å². The van der Waals surface area contributed by atoms with Crippen molar-refractivity contribution < 1.29 is 29.2 Å².